The molecule has 5 rings (SSSR count). The molecule has 38 heavy (non-hydrogen) atoms. The minimum Gasteiger partial charge on any atom is -0.493 e. The van der Waals surface area contributed by atoms with Crippen LogP contribution in [0.15, 0.2) is 42.5 Å². The summed E-state index contributed by atoms with van der Waals surface area (Å²) in [5.74, 6) is 1.46. The lowest BCUT2D eigenvalue weighted by molar-refractivity contribution is -0.137. The van der Waals surface area contributed by atoms with E-state index < -0.39 is 23.8 Å². The highest BCUT2D eigenvalue weighted by Crippen LogP contribution is 2.39. The molecule has 2 amide bonds. The number of ether oxygens (including phenoxy) is 2. The van der Waals surface area contributed by atoms with E-state index in [1.54, 1.807) is 12.0 Å². The van der Waals surface area contributed by atoms with Gasteiger partial charge in [-0.05, 0) is 36.8 Å². The molecule has 2 aromatic carbocycles. The number of likely N-dealkylation sites (tertiary alicyclic amines) is 1. The Bertz CT molecular complexity index is 1310. The van der Waals surface area contributed by atoms with E-state index in [1.165, 1.54) is 6.07 Å². The number of carbonyl (C=O) groups excluding carboxylic acids is 1. The summed E-state index contributed by atoms with van der Waals surface area (Å²) in [4.78, 5) is 15.2. The van der Waals surface area contributed by atoms with Crippen LogP contribution in [-0.4, -0.2) is 52.1 Å². The Labute approximate surface area is 222 Å². The van der Waals surface area contributed by atoms with Crippen molar-refractivity contribution in [1.82, 2.24) is 25.0 Å². The van der Waals surface area contributed by atoms with Crippen LogP contribution in [0.3, 0.4) is 0 Å². The van der Waals surface area contributed by atoms with Crippen LogP contribution in [0, 0.1) is 6.92 Å². The molecule has 3 heterocycles. The van der Waals surface area contributed by atoms with E-state index in [1.807, 2.05) is 35.8 Å². The fourth-order valence-corrected chi connectivity index (χ4v) is 5.12. The van der Waals surface area contributed by atoms with Crippen LogP contribution >= 0.6 is 11.6 Å². The SMILES string of the molecule is COC1C[C@H](c2nnc(C)n2Cc2ccc(Cl)cc2)N(C(=O)N[C@H]2CCOc3cc(C(F)(F)F)ccc32)C1. The van der Waals surface area contributed by atoms with Crippen LogP contribution in [0.25, 0.3) is 0 Å². The summed E-state index contributed by atoms with van der Waals surface area (Å²) in [6, 6.07) is 9.59. The number of methoxy groups -OCH3 is 1. The summed E-state index contributed by atoms with van der Waals surface area (Å²) in [7, 11) is 1.60. The topological polar surface area (TPSA) is 81.5 Å². The van der Waals surface area contributed by atoms with E-state index in [4.69, 9.17) is 21.1 Å². The van der Waals surface area contributed by atoms with Gasteiger partial charge in [0.1, 0.15) is 11.6 Å². The minimum atomic E-state index is -4.48. The molecule has 1 saturated heterocycles. The first kappa shape index (κ1) is 26.3. The Balaban J connectivity index is 1.38. The van der Waals surface area contributed by atoms with Crippen molar-refractivity contribution in [2.24, 2.45) is 0 Å². The molecule has 1 N–H and O–H groups in total. The predicted octanol–water partition coefficient (Wildman–Crippen LogP) is 5.30. The number of amides is 2. The molecule has 0 radical (unpaired) electrons. The number of aromatic nitrogens is 3. The average molecular weight is 550 g/mol. The van der Waals surface area contributed by atoms with Gasteiger partial charge < -0.3 is 24.3 Å². The van der Waals surface area contributed by atoms with Gasteiger partial charge in [0.15, 0.2) is 5.82 Å². The lowest BCUT2D eigenvalue weighted by Crippen LogP contribution is -2.43. The van der Waals surface area contributed by atoms with E-state index >= 15 is 0 Å². The van der Waals surface area contributed by atoms with Gasteiger partial charge in [0.2, 0.25) is 0 Å². The number of fused-ring (bicyclic) bond motifs is 1. The predicted molar refractivity (Wildman–Crippen MR) is 133 cm³/mol. The van der Waals surface area contributed by atoms with Gasteiger partial charge >= 0.3 is 12.2 Å². The van der Waals surface area contributed by atoms with Crippen LogP contribution < -0.4 is 10.1 Å². The number of nitrogens with zero attached hydrogens (tertiary/aromatic N) is 4. The van der Waals surface area contributed by atoms with E-state index in [9.17, 15) is 18.0 Å². The summed E-state index contributed by atoms with van der Waals surface area (Å²) >= 11 is 6.03. The molecule has 0 spiro atoms. The molecular formula is C26H27ClF3N5O3. The lowest BCUT2D eigenvalue weighted by Gasteiger charge is -2.31. The van der Waals surface area contributed by atoms with Gasteiger partial charge in [0.25, 0.3) is 0 Å². The number of rotatable bonds is 5. The first-order chi connectivity index (χ1) is 18.1. The quantitative estimate of drug-likeness (QED) is 0.467. The van der Waals surface area contributed by atoms with Gasteiger partial charge in [-0.15, -0.1) is 10.2 Å². The van der Waals surface area contributed by atoms with Gasteiger partial charge in [-0.1, -0.05) is 29.8 Å². The molecule has 8 nitrogen and oxygen atoms in total. The number of nitrogens with one attached hydrogen (secondary N) is 1. The second-order valence-electron chi connectivity index (χ2n) is 9.47. The van der Waals surface area contributed by atoms with E-state index in [-0.39, 0.29) is 24.5 Å². The number of aryl methyl sites for hydroxylation is 1. The number of hydrogen-bond acceptors (Lipinski definition) is 5. The van der Waals surface area contributed by atoms with Crippen molar-refractivity contribution >= 4 is 17.6 Å². The van der Waals surface area contributed by atoms with Crippen molar-refractivity contribution in [2.45, 2.75) is 50.7 Å². The summed E-state index contributed by atoms with van der Waals surface area (Å²) < 4.78 is 52.6. The van der Waals surface area contributed by atoms with Gasteiger partial charge in [-0.2, -0.15) is 13.2 Å². The molecule has 1 aromatic heterocycles. The molecule has 3 aromatic rings. The second-order valence-corrected chi connectivity index (χ2v) is 9.91. The third-order valence-electron chi connectivity index (χ3n) is 7.05. The van der Waals surface area contributed by atoms with Crippen molar-refractivity contribution in [3.63, 3.8) is 0 Å². The standard InChI is InChI=1S/C26H27ClF3N5O3/c1-15-32-33-24(34(15)13-16-3-6-18(27)7-4-16)22-12-19(37-2)14-35(22)25(36)31-21-9-10-38-23-11-17(26(28,29)30)5-8-20(21)23/h3-8,11,19,21-22H,9-10,12-14H2,1-2H3,(H,31,36)/t19?,21-,22+/m0/s1. The summed E-state index contributed by atoms with van der Waals surface area (Å²) in [5, 5.41) is 12.3. The molecule has 3 atom stereocenters. The highest BCUT2D eigenvalue weighted by atomic mass is 35.5. The summed E-state index contributed by atoms with van der Waals surface area (Å²) in [6.45, 7) is 2.89. The number of benzene rings is 2. The van der Waals surface area contributed by atoms with Crippen LogP contribution in [-0.2, 0) is 17.5 Å². The molecule has 0 aliphatic carbocycles. The molecule has 2 aliphatic rings. The maximum Gasteiger partial charge on any atom is 0.416 e. The molecule has 202 valence electrons. The van der Waals surface area contributed by atoms with Gasteiger partial charge in [0.05, 0.1) is 36.9 Å². The van der Waals surface area contributed by atoms with Gasteiger partial charge in [0, 0.05) is 37.1 Å². The zero-order valence-electron chi connectivity index (χ0n) is 20.8. The van der Waals surface area contributed by atoms with E-state index in [0.717, 1.165) is 17.7 Å². The van der Waals surface area contributed by atoms with Crippen molar-refractivity contribution in [3.8, 4) is 5.75 Å². The maximum atomic E-state index is 13.6. The highest BCUT2D eigenvalue weighted by molar-refractivity contribution is 6.30. The van der Waals surface area contributed by atoms with Crippen LogP contribution in [0.1, 0.15) is 53.3 Å². The zero-order valence-corrected chi connectivity index (χ0v) is 21.6. The minimum absolute atomic E-state index is 0.127. The molecule has 0 saturated carbocycles. The Morgan fingerprint density at radius 1 is 1.21 bits per heavy atom. The number of hydrogen-bond donors (Lipinski definition) is 1. The summed E-state index contributed by atoms with van der Waals surface area (Å²) in [5.41, 5.74) is 0.729. The van der Waals surface area contributed by atoms with Gasteiger partial charge in [-0.25, -0.2) is 4.79 Å². The summed E-state index contributed by atoms with van der Waals surface area (Å²) in [6.07, 6.45) is -3.72. The Hall–Kier alpha value is -3.31. The molecule has 1 unspecified atom stereocenters. The lowest BCUT2D eigenvalue weighted by atomic mass is 9.98. The first-order valence-corrected chi connectivity index (χ1v) is 12.6. The van der Waals surface area contributed by atoms with Crippen LogP contribution in [0.5, 0.6) is 5.75 Å². The second kappa shape index (κ2) is 10.5. The monoisotopic (exact) mass is 549 g/mol. The van der Waals surface area contributed by atoms with Crippen LogP contribution in [0.2, 0.25) is 5.02 Å². The van der Waals surface area contributed by atoms with Crippen molar-refractivity contribution in [3.05, 3.63) is 75.8 Å². The average Bonchev–Trinajstić information content (AvgIpc) is 3.48. The number of urea groups is 1. The number of halogens is 4. The van der Waals surface area contributed by atoms with Crippen molar-refractivity contribution in [2.75, 3.05) is 20.3 Å². The first-order valence-electron chi connectivity index (χ1n) is 12.2. The zero-order chi connectivity index (χ0) is 27.0. The largest absolute Gasteiger partial charge is 0.493 e. The molecular weight excluding hydrogens is 523 g/mol. The highest BCUT2D eigenvalue weighted by Gasteiger charge is 2.41. The molecule has 0 bridgehead atoms. The van der Waals surface area contributed by atoms with Crippen LogP contribution in [0.4, 0.5) is 18.0 Å². The number of alkyl halides is 3. The fraction of sp³-hybridized carbons (Fsp3) is 0.423. The van der Waals surface area contributed by atoms with Crippen molar-refractivity contribution < 1.29 is 27.4 Å². The number of carbonyl (C=O) groups is 1. The maximum absolute atomic E-state index is 13.6. The van der Waals surface area contributed by atoms with Gasteiger partial charge in [-0.3, -0.25) is 0 Å². The fourth-order valence-electron chi connectivity index (χ4n) is 5.00. The smallest absolute Gasteiger partial charge is 0.416 e. The van der Waals surface area contributed by atoms with Crippen molar-refractivity contribution in [1.29, 1.82) is 0 Å². The van der Waals surface area contributed by atoms with E-state index in [2.05, 4.69) is 15.5 Å². The molecule has 2 aliphatic heterocycles. The Morgan fingerprint density at radius 2 is 1.97 bits per heavy atom. The van der Waals surface area contributed by atoms with E-state index in [0.29, 0.717) is 48.2 Å². The molecule has 1 fully saturated rings. The Morgan fingerprint density at radius 3 is 2.68 bits per heavy atom. The third-order valence-corrected chi connectivity index (χ3v) is 7.30. The normalized spacial score (nSPS) is 21.2. The third kappa shape index (κ3) is 5.30. The molecule has 12 heteroatoms. The Kier molecular flexibility index (Phi) is 7.23.